The highest BCUT2D eigenvalue weighted by atomic mass is 16.6. The van der Waals surface area contributed by atoms with Gasteiger partial charge in [-0.1, -0.05) is 12.8 Å². The van der Waals surface area contributed by atoms with E-state index in [-0.39, 0.29) is 184 Å². The Labute approximate surface area is 459 Å². The first kappa shape index (κ1) is 73.3. The van der Waals surface area contributed by atoms with Gasteiger partial charge < -0.3 is 72.5 Å². The summed E-state index contributed by atoms with van der Waals surface area (Å²) in [4.78, 5) is 105. The topological polar surface area (TPSA) is 332 Å². The van der Waals surface area contributed by atoms with E-state index in [2.05, 4.69) is 0 Å². The number of carbonyl (C=O) groups is 8. The first-order chi connectivity index (χ1) is 37.2. The van der Waals surface area contributed by atoms with Crippen LogP contribution in [0.3, 0.4) is 0 Å². The average Bonchev–Trinajstić information content (AvgIpc) is 3.33. The summed E-state index contributed by atoms with van der Waals surface area (Å²) in [6.45, 7) is 8.67. The predicted octanol–water partition coefficient (Wildman–Crippen LogP) is -1.26. The van der Waals surface area contributed by atoms with Crippen LogP contribution in [-0.2, 0) is 90.5 Å². The van der Waals surface area contributed by atoms with Gasteiger partial charge in [0.25, 0.3) is 0 Å². The summed E-state index contributed by atoms with van der Waals surface area (Å²) < 4.78 is 58.9. The predicted molar refractivity (Wildman–Crippen MR) is 276 cm³/mol. The minimum Gasteiger partial charge on any atom is -0.465 e. The number of hydrogen-bond donors (Lipinski definition) is 4. The van der Waals surface area contributed by atoms with Crippen molar-refractivity contribution in [3.05, 3.63) is 0 Å². The van der Waals surface area contributed by atoms with Crippen molar-refractivity contribution in [2.75, 3.05) is 171 Å². The molecule has 0 aliphatic rings. The van der Waals surface area contributed by atoms with Crippen molar-refractivity contribution < 1.29 is 111 Å². The zero-order valence-corrected chi connectivity index (χ0v) is 47.4. The van der Waals surface area contributed by atoms with Gasteiger partial charge in [-0.15, -0.1) is 0 Å². The van der Waals surface area contributed by atoms with E-state index in [0.29, 0.717) is 12.8 Å². The van der Waals surface area contributed by atoms with Gasteiger partial charge in [0.1, 0.15) is 0 Å². The van der Waals surface area contributed by atoms with Crippen LogP contribution in [0.25, 0.3) is 0 Å². The maximum absolute atomic E-state index is 12.4. The Morgan fingerprint density at radius 1 is 0.333 bits per heavy atom. The Hall–Kier alpha value is -4.68. The highest BCUT2D eigenvalue weighted by Crippen LogP contribution is 2.28. The van der Waals surface area contributed by atoms with Crippen molar-refractivity contribution in [1.29, 1.82) is 0 Å². The maximum atomic E-state index is 12.4. The summed E-state index contributed by atoms with van der Waals surface area (Å²) in [7, 11) is 0. The summed E-state index contributed by atoms with van der Waals surface area (Å²) >= 11 is 0. The number of aliphatic hydroxyl groups excluding tert-OH is 4. The lowest BCUT2D eigenvalue weighted by molar-refractivity contribution is -0.151. The number of esters is 8. The van der Waals surface area contributed by atoms with Gasteiger partial charge in [0, 0.05) is 31.6 Å². The quantitative estimate of drug-likeness (QED) is 0.0314. The normalized spacial score (nSPS) is 13.8. The van der Waals surface area contributed by atoms with Crippen LogP contribution in [0.5, 0.6) is 0 Å². The molecule has 0 aromatic carbocycles. The van der Waals surface area contributed by atoms with E-state index in [4.69, 9.17) is 52.1 Å². The number of nitrogens with zero attached hydrogens (tertiary/aromatic N) is 4. The lowest BCUT2D eigenvalue weighted by Gasteiger charge is -2.35. The van der Waals surface area contributed by atoms with E-state index in [0.717, 1.165) is 0 Å². The molecule has 0 heterocycles. The second-order valence-corrected chi connectivity index (χ2v) is 18.0. The van der Waals surface area contributed by atoms with Crippen LogP contribution in [0, 0.1) is 5.41 Å². The van der Waals surface area contributed by atoms with Crippen molar-refractivity contribution in [1.82, 2.24) is 19.6 Å². The first-order valence-electron chi connectivity index (χ1n) is 26.8. The SMILES string of the molecule is CCOC(=O)CN(CC(=O)OCC)CC(O)CCCCC(COCC(O)CN(CC(=O)OCC)CC(=O)OCC)(COCC(O)CN(CC(=O)OCC)CC(=O)OCC)COCC(O)CN(CC(=O)OCC)CC(=O)OCC. The molecule has 0 aromatic rings. The van der Waals surface area contributed by atoms with Gasteiger partial charge in [-0.2, -0.15) is 0 Å². The molecule has 0 fully saturated rings. The van der Waals surface area contributed by atoms with Crippen LogP contribution < -0.4 is 0 Å². The molecule has 0 bridgehead atoms. The van der Waals surface area contributed by atoms with Crippen molar-refractivity contribution in [3.63, 3.8) is 0 Å². The minimum absolute atomic E-state index is 0.0815. The molecule has 27 heteroatoms. The van der Waals surface area contributed by atoms with E-state index in [1.165, 1.54) is 19.6 Å². The molecule has 454 valence electrons. The molecule has 0 radical (unpaired) electrons. The Morgan fingerprint density at radius 3 is 0.744 bits per heavy atom. The molecule has 0 spiro atoms. The van der Waals surface area contributed by atoms with E-state index in [9.17, 15) is 58.8 Å². The van der Waals surface area contributed by atoms with Crippen molar-refractivity contribution in [3.8, 4) is 0 Å². The third kappa shape index (κ3) is 38.0. The Balaban J connectivity index is 6.96. The van der Waals surface area contributed by atoms with Crippen molar-refractivity contribution >= 4 is 47.8 Å². The van der Waals surface area contributed by atoms with E-state index in [1.807, 2.05) is 0 Å². The molecule has 0 amide bonds. The van der Waals surface area contributed by atoms with Gasteiger partial charge in [0.05, 0.1) is 169 Å². The Morgan fingerprint density at radius 2 is 0.538 bits per heavy atom. The fourth-order valence-corrected chi connectivity index (χ4v) is 7.75. The number of aliphatic hydroxyl groups is 4. The molecule has 0 rings (SSSR count). The van der Waals surface area contributed by atoms with Crippen LogP contribution in [0.2, 0.25) is 0 Å². The molecule has 0 saturated carbocycles. The van der Waals surface area contributed by atoms with Gasteiger partial charge in [0.2, 0.25) is 0 Å². The second kappa shape index (κ2) is 45.1. The second-order valence-electron chi connectivity index (χ2n) is 18.0. The van der Waals surface area contributed by atoms with Crippen LogP contribution in [0.4, 0.5) is 0 Å². The average molecular weight is 1130 g/mol. The molecular weight excluding hydrogens is 1040 g/mol. The standard InChI is InChI=1S/C51H92N4O23/c1-9-71-43(60)25-52(26-44(61)72-10-2)21-39(56)19-17-18-20-51(36-68-33-40(57)22-53(27-45(62)73-11-3)28-46(63)74-12-4,37-69-34-41(58)23-54(29-47(64)75-13-5)30-48(65)76-14-6)38-70-35-42(59)24-55(31-49(66)77-15-7)32-50(67)78-16-8/h39-42,56-59H,9-38H2,1-8H3. The molecule has 0 saturated heterocycles. The molecular formula is C51H92N4O23. The lowest BCUT2D eigenvalue weighted by atomic mass is 9.84. The Bertz CT molecular complexity index is 1480. The van der Waals surface area contributed by atoms with Gasteiger partial charge in [0.15, 0.2) is 0 Å². The highest BCUT2D eigenvalue weighted by Gasteiger charge is 2.34. The highest BCUT2D eigenvalue weighted by molar-refractivity contribution is 5.77. The van der Waals surface area contributed by atoms with E-state index >= 15 is 0 Å². The maximum Gasteiger partial charge on any atom is 0.320 e. The summed E-state index contributed by atoms with van der Waals surface area (Å²) in [6.07, 6.45) is -3.78. The largest absolute Gasteiger partial charge is 0.465 e. The van der Waals surface area contributed by atoms with Crippen molar-refractivity contribution in [2.24, 2.45) is 5.41 Å². The third-order valence-corrected chi connectivity index (χ3v) is 10.8. The van der Waals surface area contributed by atoms with E-state index < -0.39 is 77.6 Å². The summed E-state index contributed by atoms with van der Waals surface area (Å²) in [5.41, 5.74) is -1.18. The first-order valence-corrected chi connectivity index (χ1v) is 26.8. The summed E-state index contributed by atoms with van der Waals surface area (Å²) in [6, 6.07) is 0. The van der Waals surface area contributed by atoms with Gasteiger partial charge in [-0.25, -0.2) is 0 Å². The molecule has 0 aromatic heterocycles. The van der Waals surface area contributed by atoms with Crippen LogP contribution in [-0.4, -0.2) is 283 Å². The molecule has 0 aliphatic carbocycles. The number of ether oxygens (including phenoxy) is 11. The molecule has 4 unspecified atom stereocenters. The molecule has 78 heavy (non-hydrogen) atoms. The zero-order chi connectivity index (χ0) is 58.7. The lowest BCUT2D eigenvalue weighted by Crippen LogP contribution is -2.45. The third-order valence-electron chi connectivity index (χ3n) is 10.8. The zero-order valence-electron chi connectivity index (χ0n) is 47.4. The van der Waals surface area contributed by atoms with Gasteiger partial charge in [-0.05, 0) is 68.2 Å². The molecule has 27 nitrogen and oxygen atoms in total. The fourth-order valence-electron chi connectivity index (χ4n) is 7.75. The van der Waals surface area contributed by atoms with Crippen LogP contribution in [0.1, 0.15) is 81.1 Å². The van der Waals surface area contributed by atoms with Crippen LogP contribution in [0.15, 0.2) is 0 Å². The van der Waals surface area contributed by atoms with Gasteiger partial charge >= 0.3 is 47.8 Å². The monoisotopic (exact) mass is 1130 g/mol. The van der Waals surface area contributed by atoms with Crippen LogP contribution >= 0.6 is 0 Å². The molecule has 4 atom stereocenters. The number of unbranched alkanes of at least 4 members (excludes halogenated alkanes) is 1. The fraction of sp³-hybridized carbons (Fsp3) is 0.843. The summed E-state index contributed by atoms with van der Waals surface area (Å²) in [5, 5.41) is 44.9. The van der Waals surface area contributed by atoms with E-state index in [1.54, 1.807) is 55.4 Å². The number of hydrogen-bond acceptors (Lipinski definition) is 27. The smallest absolute Gasteiger partial charge is 0.320 e. The minimum atomic E-state index is -1.28. The molecule has 0 aliphatic heterocycles. The Kier molecular flexibility index (Phi) is 42.4. The van der Waals surface area contributed by atoms with Gasteiger partial charge in [-0.3, -0.25) is 58.0 Å². The summed E-state index contributed by atoms with van der Waals surface area (Å²) in [5.74, 6) is -5.04. The molecule has 4 N–H and O–H groups in total. The number of carbonyl (C=O) groups excluding carboxylic acids is 8. The van der Waals surface area contributed by atoms with Crippen molar-refractivity contribution in [2.45, 2.75) is 105 Å². The number of rotatable bonds is 49.